The van der Waals surface area contributed by atoms with Gasteiger partial charge in [-0.2, -0.15) is 0 Å². The lowest BCUT2D eigenvalue weighted by Crippen LogP contribution is -2.30. The number of nitrogens with two attached hydrogens (primary N) is 1. The Morgan fingerprint density at radius 2 is 1.75 bits per heavy atom. The van der Waals surface area contributed by atoms with Crippen LogP contribution in [-0.4, -0.2) is 6.04 Å². The van der Waals surface area contributed by atoms with Gasteiger partial charge in [0.25, 0.3) is 0 Å². The summed E-state index contributed by atoms with van der Waals surface area (Å²) in [5, 5.41) is 0. The largest absolute Gasteiger partial charge is 0.327 e. The molecule has 1 aliphatic rings. The molecule has 1 nitrogen and oxygen atoms in total. The second kappa shape index (κ2) is 3.77. The topological polar surface area (TPSA) is 26.0 Å². The molecular weight excluding hydrogens is 215 g/mol. The van der Waals surface area contributed by atoms with Crippen molar-refractivity contribution in [2.75, 3.05) is 0 Å². The zero-order chi connectivity index (χ0) is 11.9. The van der Waals surface area contributed by atoms with E-state index in [1.807, 2.05) is 6.92 Å². The Hall–Kier alpha value is -1.03. The molecule has 0 heterocycles. The van der Waals surface area contributed by atoms with E-state index in [1.54, 1.807) is 0 Å². The van der Waals surface area contributed by atoms with Crippen LogP contribution >= 0.6 is 0 Å². The van der Waals surface area contributed by atoms with E-state index in [0.29, 0.717) is 12.5 Å². The Bertz CT molecular complexity index is 411. The van der Waals surface area contributed by atoms with Crippen LogP contribution in [0.25, 0.3) is 0 Å². The normalized spacial score (nSPS) is 19.6. The first-order valence-electron chi connectivity index (χ1n) is 5.34. The molecule has 1 aliphatic carbocycles. The van der Waals surface area contributed by atoms with Gasteiger partial charge < -0.3 is 5.73 Å². The van der Waals surface area contributed by atoms with Gasteiger partial charge in [-0.15, -0.1) is 0 Å². The van der Waals surface area contributed by atoms with Crippen LogP contribution in [0.3, 0.4) is 0 Å². The van der Waals surface area contributed by atoms with Gasteiger partial charge in [0.05, 0.1) is 0 Å². The highest BCUT2D eigenvalue weighted by atomic mass is 19.2. The lowest BCUT2D eigenvalue weighted by molar-refractivity contribution is 0.406. The Kier molecular flexibility index (Phi) is 2.70. The molecule has 0 spiro atoms. The highest BCUT2D eigenvalue weighted by Gasteiger charge is 2.46. The summed E-state index contributed by atoms with van der Waals surface area (Å²) in [7, 11) is 0. The monoisotopic (exact) mass is 229 g/mol. The molecule has 0 aromatic heterocycles. The van der Waals surface area contributed by atoms with Crippen molar-refractivity contribution in [2.24, 2.45) is 11.1 Å². The first-order valence-corrected chi connectivity index (χ1v) is 5.34. The van der Waals surface area contributed by atoms with Gasteiger partial charge in [0, 0.05) is 12.1 Å². The Morgan fingerprint density at radius 3 is 2.25 bits per heavy atom. The summed E-state index contributed by atoms with van der Waals surface area (Å²) in [4.78, 5) is 0. The van der Waals surface area contributed by atoms with E-state index in [-0.39, 0.29) is 17.0 Å². The average molecular weight is 229 g/mol. The molecule has 2 N–H and O–H groups in total. The first kappa shape index (κ1) is 11.5. The third-order valence-electron chi connectivity index (χ3n) is 3.49. The van der Waals surface area contributed by atoms with Gasteiger partial charge in [0.1, 0.15) is 5.82 Å². The van der Waals surface area contributed by atoms with Crippen LogP contribution < -0.4 is 5.73 Å². The maximum Gasteiger partial charge on any atom is 0.161 e. The van der Waals surface area contributed by atoms with E-state index in [2.05, 4.69) is 0 Å². The number of halogens is 3. The van der Waals surface area contributed by atoms with Crippen LogP contribution in [-0.2, 0) is 6.42 Å². The van der Waals surface area contributed by atoms with Crippen LogP contribution in [0.2, 0.25) is 0 Å². The molecule has 1 atom stereocenters. The second-order valence-electron chi connectivity index (χ2n) is 4.69. The smallest absolute Gasteiger partial charge is 0.161 e. The van der Waals surface area contributed by atoms with Gasteiger partial charge in [0.2, 0.25) is 0 Å². The van der Waals surface area contributed by atoms with Crippen LogP contribution in [0.1, 0.15) is 25.3 Å². The summed E-state index contributed by atoms with van der Waals surface area (Å²) in [5.41, 5.74) is 5.90. The highest BCUT2D eigenvalue weighted by molar-refractivity contribution is 5.23. The van der Waals surface area contributed by atoms with Crippen LogP contribution in [0.15, 0.2) is 12.1 Å². The maximum atomic E-state index is 13.4. The minimum Gasteiger partial charge on any atom is -0.327 e. The molecule has 16 heavy (non-hydrogen) atoms. The fourth-order valence-electron chi connectivity index (χ4n) is 2.03. The highest BCUT2D eigenvalue weighted by Crippen LogP contribution is 2.50. The fourth-order valence-corrected chi connectivity index (χ4v) is 2.03. The van der Waals surface area contributed by atoms with E-state index in [4.69, 9.17) is 5.73 Å². The van der Waals surface area contributed by atoms with Crippen molar-refractivity contribution >= 4 is 0 Å². The predicted octanol–water partition coefficient (Wildman–Crippen LogP) is 2.77. The molecular formula is C12H14F3N. The van der Waals surface area contributed by atoms with Crippen molar-refractivity contribution in [1.82, 2.24) is 0 Å². The zero-order valence-corrected chi connectivity index (χ0v) is 9.06. The summed E-state index contributed by atoms with van der Waals surface area (Å²) in [6.45, 7) is 1.87. The Morgan fingerprint density at radius 1 is 1.19 bits per heavy atom. The van der Waals surface area contributed by atoms with E-state index in [1.165, 1.54) is 0 Å². The van der Waals surface area contributed by atoms with Gasteiger partial charge in [-0.3, -0.25) is 0 Å². The van der Waals surface area contributed by atoms with Gasteiger partial charge in [-0.25, -0.2) is 13.2 Å². The summed E-state index contributed by atoms with van der Waals surface area (Å²) < 4.78 is 39.1. The molecule has 0 bridgehead atoms. The molecule has 1 fully saturated rings. The van der Waals surface area contributed by atoms with Crippen LogP contribution in [0, 0.1) is 22.9 Å². The van der Waals surface area contributed by atoms with Gasteiger partial charge in [0.15, 0.2) is 11.6 Å². The van der Waals surface area contributed by atoms with E-state index >= 15 is 0 Å². The van der Waals surface area contributed by atoms with Gasteiger partial charge >= 0.3 is 0 Å². The van der Waals surface area contributed by atoms with Crippen molar-refractivity contribution < 1.29 is 13.2 Å². The Balaban J connectivity index is 2.25. The minimum atomic E-state index is -1.15. The predicted molar refractivity (Wildman–Crippen MR) is 55.3 cm³/mol. The van der Waals surface area contributed by atoms with Crippen molar-refractivity contribution in [2.45, 2.75) is 32.2 Å². The van der Waals surface area contributed by atoms with E-state index in [0.717, 1.165) is 18.9 Å². The van der Waals surface area contributed by atoms with Crippen molar-refractivity contribution in [3.63, 3.8) is 0 Å². The second-order valence-corrected chi connectivity index (χ2v) is 4.69. The fraction of sp³-hybridized carbons (Fsp3) is 0.500. The van der Waals surface area contributed by atoms with Crippen molar-refractivity contribution in [1.29, 1.82) is 0 Å². The van der Waals surface area contributed by atoms with Crippen molar-refractivity contribution in [3.8, 4) is 0 Å². The molecule has 1 saturated carbocycles. The number of hydrogen-bond acceptors (Lipinski definition) is 1. The van der Waals surface area contributed by atoms with Gasteiger partial charge in [-0.1, -0.05) is 0 Å². The number of benzene rings is 1. The van der Waals surface area contributed by atoms with Crippen LogP contribution in [0.4, 0.5) is 13.2 Å². The summed E-state index contributed by atoms with van der Waals surface area (Å²) >= 11 is 0. The molecule has 1 aromatic rings. The van der Waals surface area contributed by atoms with E-state index in [9.17, 15) is 13.2 Å². The molecule has 88 valence electrons. The van der Waals surface area contributed by atoms with Crippen molar-refractivity contribution in [3.05, 3.63) is 35.1 Å². The third kappa shape index (κ3) is 1.94. The SMILES string of the molecule is CC(N)C1(Cc2cc(F)c(F)cc2F)CC1. The maximum absolute atomic E-state index is 13.4. The molecule has 0 amide bonds. The zero-order valence-electron chi connectivity index (χ0n) is 9.06. The molecule has 0 radical (unpaired) electrons. The van der Waals surface area contributed by atoms with E-state index < -0.39 is 17.5 Å². The minimum absolute atomic E-state index is 0.0555. The lowest BCUT2D eigenvalue weighted by Gasteiger charge is -2.19. The third-order valence-corrected chi connectivity index (χ3v) is 3.49. The molecule has 2 rings (SSSR count). The number of rotatable bonds is 3. The summed E-state index contributed by atoms with van der Waals surface area (Å²) in [5.74, 6) is -2.84. The summed E-state index contributed by atoms with van der Waals surface area (Å²) in [6.07, 6.45) is 2.22. The Labute approximate surface area is 92.5 Å². The number of hydrogen-bond donors (Lipinski definition) is 1. The first-order chi connectivity index (χ1) is 7.44. The van der Waals surface area contributed by atoms with Crippen LogP contribution in [0.5, 0.6) is 0 Å². The molecule has 1 aromatic carbocycles. The molecule has 0 saturated heterocycles. The molecule has 0 aliphatic heterocycles. The lowest BCUT2D eigenvalue weighted by atomic mass is 9.90. The quantitative estimate of drug-likeness (QED) is 0.792. The molecule has 1 unspecified atom stereocenters. The standard InChI is InChI=1S/C12H14F3N/c1-7(16)12(2-3-12)6-8-4-10(14)11(15)5-9(8)13/h4-5,7H,2-3,6,16H2,1H3. The summed E-state index contributed by atoms with van der Waals surface area (Å²) in [6, 6.07) is 1.48. The average Bonchev–Trinajstić information content (AvgIpc) is 2.95. The van der Waals surface area contributed by atoms with Gasteiger partial charge in [-0.05, 0) is 43.2 Å². The molecule has 4 heteroatoms.